The average molecular weight is 331 g/mol. The number of esters is 1. The van der Waals surface area contributed by atoms with Crippen LogP contribution in [0.1, 0.15) is 42.1 Å². The smallest absolute Gasteiger partial charge is 0.312 e. The lowest BCUT2D eigenvalue weighted by molar-refractivity contribution is -0.240. The van der Waals surface area contributed by atoms with Gasteiger partial charge in [-0.3, -0.25) is 19.5 Å². The van der Waals surface area contributed by atoms with E-state index in [-0.39, 0.29) is 29.0 Å². The highest BCUT2D eigenvalue weighted by Gasteiger charge is 2.74. The second-order valence-corrected chi connectivity index (χ2v) is 7.38. The number of aryl methyl sites for hydroxylation is 1. The summed E-state index contributed by atoms with van der Waals surface area (Å²) in [4.78, 5) is 32.6. The fraction of sp³-hybridized carbons (Fsp3) is 0.611. The molecule has 0 spiro atoms. The minimum absolute atomic E-state index is 0.0200. The van der Waals surface area contributed by atoms with Crippen molar-refractivity contribution in [2.75, 3.05) is 21.2 Å². The molecular weight excluding hydrogens is 306 g/mol. The van der Waals surface area contributed by atoms with Crippen LogP contribution in [-0.4, -0.2) is 59.6 Å². The van der Waals surface area contributed by atoms with Gasteiger partial charge in [0.15, 0.2) is 0 Å². The molecule has 2 bridgehead atoms. The summed E-state index contributed by atoms with van der Waals surface area (Å²) < 4.78 is 4.91. The third kappa shape index (κ3) is 2.24. The topological polar surface area (TPSA) is 62.7 Å². The van der Waals surface area contributed by atoms with Crippen molar-refractivity contribution in [2.24, 2.45) is 5.41 Å². The Morgan fingerprint density at radius 3 is 2.46 bits per heavy atom. The Labute approximate surface area is 142 Å². The lowest BCUT2D eigenvalue weighted by Gasteiger charge is -2.72. The zero-order valence-corrected chi connectivity index (χ0v) is 15.0. The highest BCUT2D eigenvalue weighted by Crippen LogP contribution is 2.70. The number of hydrogen-bond acceptors (Lipinski definition) is 5. The Morgan fingerprint density at radius 2 is 1.92 bits per heavy atom. The summed E-state index contributed by atoms with van der Waals surface area (Å²) in [6, 6.07) is 1.84. The van der Waals surface area contributed by atoms with E-state index in [1.807, 2.05) is 34.0 Å². The van der Waals surface area contributed by atoms with Gasteiger partial charge in [0.05, 0.1) is 24.3 Å². The van der Waals surface area contributed by atoms with Crippen LogP contribution < -0.4 is 0 Å². The predicted octanol–water partition coefficient (Wildman–Crippen LogP) is 1.84. The number of ether oxygens (including phenoxy) is 1. The minimum atomic E-state index is -0.273. The van der Waals surface area contributed by atoms with Gasteiger partial charge in [0, 0.05) is 25.0 Å². The Morgan fingerprint density at radius 1 is 1.29 bits per heavy atom. The van der Waals surface area contributed by atoms with Gasteiger partial charge in [0.1, 0.15) is 0 Å². The fourth-order valence-electron chi connectivity index (χ4n) is 4.25. The Hall–Kier alpha value is -1.95. The monoisotopic (exact) mass is 331 g/mol. The molecule has 6 nitrogen and oxygen atoms in total. The highest BCUT2D eigenvalue weighted by atomic mass is 16.5. The molecule has 130 valence electrons. The number of nitrogens with zero attached hydrogens (tertiary/aromatic N) is 3. The Bertz CT molecular complexity index is 668. The molecule has 24 heavy (non-hydrogen) atoms. The summed E-state index contributed by atoms with van der Waals surface area (Å²) >= 11 is 0. The highest BCUT2D eigenvalue weighted by molar-refractivity contribution is 5.95. The van der Waals surface area contributed by atoms with Crippen molar-refractivity contribution in [1.82, 2.24) is 14.8 Å². The van der Waals surface area contributed by atoms with E-state index in [1.54, 1.807) is 17.3 Å². The van der Waals surface area contributed by atoms with Crippen molar-refractivity contribution in [1.29, 1.82) is 0 Å². The molecule has 0 radical (unpaired) electrons. The van der Waals surface area contributed by atoms with Crippen LogP contribution in [0.25, 0.3) is 0 Å². The van der Waals surface area contributed by atoms with Crippen LogP contribution in [-0.2, 0) is 9.53 Å². The first-order valence-electron chi connectivity index (χ1n) is 8.25. The second-order valence-electron chi connectivity index (χ2n) is 7.38. The van der Waals surface area contributed by atoms with Crippen LogP contribution in [0.3, 0.4) is 0 Å². The normalized spacial score (nSPS) is 28.6. The number of carbonyl (C=O) groups excluding carboxylic acids is 2. The van der Waals surface area contributed by atoms with Gasteiger partial charge in [-0.25, -0.2) is 0 Å². The maximum Gasteiger partial charge on any atom is 0.312 e. The van der Waals surface area contributed by atoms with E-state index in [4.69, 9.17) is 4.74 Å². The summed E-state index contributed by atoms with van der Waals surface area (Å²) in [5.74, 6) is -0.130. The summed E-state index contributed by atoms with van der Waals surface area (Å²) in [5, 5.41) is 0. The second kappa shape index (κ2) is 5.55. The molecule has 0 saturated heterocycles. The molecule has 1 heterocycles. The molecule has 0 N–H and O–H groups in total. The summed E-state index contributed by atoms with van der Waals surface area (Å²) in [6.07, 6.45) is 5.71. The number of amides is 1. The molecule has 1 unspecified atom stereocenters. The maximum absolute atomic E-state index is 12.8. The number of pyridine rings is 1. The minimum Gasteiger partial charge on any atom is -0.469 e. The largest absolute Gasteiger partial charge is 0.469 e. The van der Waals surface area contributed by atoms with Crippen LogP contribution >= 0.6 is 0 Å². The van der Waals surface area contributed by atoms with E-state index in [0.29, 0.717) is 5.56 Å². The van der Waals surface area contributed by atoms with Gasteiger partial charge in [-0.1, -0.05) is 0 Å². The van der Waals surface area contributed by atoms with E-state index < -0.39 is 0 Å². The number of methoxy groups -OCH3 is 1. The number of carbonyl (C=O) groups is 2. The van der Waals surface area contributed by atoms with Crippen molar-refractivity contribution in [3.63, 3.8) is 0 Å². The van der Waals surface area contributed by atoms with Crippen LogP contribution in [0.4, 0.5) is 0 Å². The van der Waals surface area contributed by atoms with Crippen LogP contribution in [0.5, 0.6) is 0 Å². The molecule has 1 amide bonds. The van der Waals surface area contributed by atoms with Gasteiger partial charge in [-0.2, -0.15) is 0 Å². The van der Waals surface area contributed by atoms with E-state index >= 15 is 0 Å². The lowest BCUT2D eigenvalue weighted by atomic mass is 9.38. The first kappa shape index (κ1) is 16.9. The molecular formula is C18H25N3O3. The van der Waals surface area contributed by atoms with Gasteiger partial charge in [-0.05, 0) is 51.8 Å². The lowest BCUT2D eigenvalue weighted by Crippen LogP contribution is -2.78. The molecule has 3 aliphatic rings. The van der Waals surface area contributed by atoms with Crippen molar-refractivity contribution in [3.05, 3.63) is 29.6 Å². The first-order valence-corrected chi connectivity index (χ1v) is 8.25. The molecule has 6 heteroatoms. The van der Waals surface area contributed by atoms with Crippen molar-refractivity contribution < 1.29 is 14.3 Å². The van der Waals surface area contributed by atoms with E-state index in [2.05, 4.69) is 9.88 Å². The van der Waals surface area contributed by atoms with Crippen molar-refractivity contribution >= 4 is 11.9 Å². The average Bonchev–Trinajstić information content (AvgIpc) is 2.50. The fourth-order valence-corrected chi connectivity index (χ4v) is 4.25. The zero-order chi connectivity index (χ0) is 17.7. The SMILES string of the molecule is COC(=O)C12CC(N(C)C(C)N(C)C(=O)c3cnccc3C)(C1)C2. The molecule has 4 rings (SSSR count). The third-order valence-electron chi connectivity index (χ3n) is 6.08. The molecule has 0 aliphatic heterocycles. The van der Waals surface area contributed by atoms with Gasteiger partial charge in [-0.15, -0.1) is 0 Å². The molecule has 0 aromatic carbocycles. The Balaban J connectivity index is 1.67. The Kier molecular flexibility index (Phi) is 3.91. The molecule has 3 fully saturated rings. The van der Waals surface area contributed by atoms with Gasteiger partial charge in [0.25, 0.3) is 5.91 Å². The molecule has 3 saturated carbocycles. The van der Waals surface area contributed by atoms with Crippen LogP contribution in [0, 0.1) is 12.3 Å². The molecule has 1 aromatic rings. The quantitative estimate of drug-likeness (QED) is 0.608. The third-order valence-corrected chi connectivity index (χ3v) is 6.08. The van der Waals surface area contributed by atoms with Crippen molar-refractivity contribution in [3.8, 4) is 0 Å². The number of hydrogen-bond donors (Lipinski definition) is 0. The number of aromatic nitrogens is 1. The predicted molar refractivity (Wildman–Crippen MR) is 89.3 cm³/mol. The molecule has 3 aliphatic carbocycles. The summed E-state index contributed by atoms with van der Waals surface area (Å²) in [6.45, 7) is 3.94. The first-order chi connectivity index (χ1) is 11.3. The van der Waals surface area contributed by atoms with Crippen LogP contribution in [0.2, 0.25) is 0 Å². The standard InChI is InChI=1S/C18H25N3O3/c1-12-6-7-19-8-14(12)15(22)20(3)13(2)21(4)18-9-17(10-18,11-18)16(23)24-5/h6-8,13H,9-11H2,1-5H3. The van der Waals surface area contributed by atoms with Gasteiger partial charge in [0.2, 0.25) is 0 Å². The van der Waals surface area contributed by atoms with Crippen LogP contribution in [0.15, 0.2) is 18.5 Å². The van der Waals surface area contributed by atoms with E-state index in [0.717, 1.165) is 24.8 Å². The molecule has 1 atom stereocenters. The molecule has 1 aromatic heterocycles. The van der Waals surface area contributed by atoms with Gasteiger partial charge < -0.3 is 9.64 Å². The van der Waals surface area contributed by atoms with E-state index in [1.165, 1.54) is 7.11 Å². The van der Waals surface area contributed by atoms with Gasteiger partial charge >= 0.3 is 5.97 Å². The van der Waals surface area contributed by atoms with Crippen molar-refractivity contribution in [2.45, 2.75) is 44.8 Å². The van der Waals surface area contributed by atoms with E-state index in [9.17, 15) is 9.59 Å². The summed E-state index contributed by atoms with van der Waals surface area (Å²) in [7, 11) is 5.30. The number of rotatable bonds is 5. The maximum atomic E-state index is 12.8. The summed E-state index contributed by atoms with van der Waals surface area (Å²) in [5.41, 5.74) is 1.30. The zero-order valence-electron chi connectivity index (χ0n) is 15.0.